The summed E-state index contributed by atoms with van der Waals surface area (Å²) in [5.41, 5.74) is 16.6. The van der Waals surface area contributed by atoms with E-state index in [1.54, 1.807) is 0 Å². The van der Waals surface area contributed by atoms with Crippen LogP contribution in [0.15, 0.2) is 146 Å². The Bertz CT molecular complexity index is 2560. The molecule has 1 fully saturated rings. The maximum absolute atomic E-state index is 7.11. The van der Waals surface area contributed by atoms with E-state index in [9.17, 15) is 0 Å². The van der Waals surface area contributed by atoms with Gasteiger partial charge in [0.05, 0.1) is 5.69 Å². The summed E-state index contributed by atoms with van der Waals surface area (Å²) >= 11 is 0. The van der Waals surface area contributed by atoms with Crippen LogP contribution in [0, 0.1) is 13.8 Å². The Kier molecular flexibility index (Phi) is 9.05. The first-order valence-corrected chi connectivity index (χ1v) is 21.1. The fourth-order valence-corrected chi connectivity index (χ4v) is 9.51. The van der Waals surface area contributed by atoms with Crippen LogP contribution >= 0.6 is 0 Å². The fourth-order valence-electron chi connectivity index (χ4n) is 9.51. The van der Waals surface area contributed by atoms with Gasteiger partial charge in [0.2, 0.25) is 0 Å². The van der Waals surface area contributed by atoms with Crippen molar-refractivity contribution in [2.45, 2.75) is 78.1 Å². The van der Waals surface area contributed by atoms with Gasteiger partial charge in [-0.2, -0.15) is 0 Å². The van der Waals surface area contributed by atoms with Crippen LogP contribution in [-0.2, 0) is 5.41 Å². The van der Waals surface area contributed by atoms with E-state index in [2.05, 4.69) is 185 Å². The van der Waals surface area contributed by atoms with Gasteiger partial charge < -0.3 is 14.4 Å². The van der Waals surface area contributed by atoms with Crippen LogP contribution in [0.3, 0.4) is 0 Å². The molecule has 1 saturated carbocycles. The molecule has 0 unspecified atom stereocenters. The Morgan fingerprint density at radius 3 is 1.60 bits per heavy atom. The molecule has 3 aliphatic rings. The third kappa shape index (κ3) is 6.49. The molecule has 2 aliphatic heterocycles. The lowest BCUT2D eigenvalue weighted by atomic mass is 9.34. The van der Waals surface area contributed by atoms with Gasteiger partial charge in [0.15, 0.2) is 0 Å². The average Bonchev–Trinajstić information content (AvgIpc) is 3.25. The Labute approximate surface area is 344 Å². The molecule has 7 aromatic rings. The molecule has 4 heteroatoms. The molecule has 0 radical (unpaired) electrons. The number of ether oxygens (including phenoxy) is 2. The summed E-state index contributed by atoms with van der Waals surface area (Å²) in [4.78, 5) is 2.48. The summed E-state index contributed by atoms with van der Waals surface area (Å²) in [5, 5.41) is 0. The number of aryl methyl sites for hydroxylation is 2. The van der Waals surface area contributed by atoms with Gasteiger partial charge in [-0.05, 0) is 118 Å². The lowest BCUT2D eigenvalue weighted by Crippen LogP contribution is -2.57. The third-order valence-corrected chi connectivity index (χ3v) is 12.8. The van der Waals surface area contributed by atoms with Crippen molar-refractivity contribution < 1.29 is 9.47 Å². The summed E-state index contributed by atoms with van der Waals surface area (Å²) < 4.78 is 14.2. The van der Waals surface area contributed by atoms with Gasteiger partial charge in [-0.1, -0.05) is 149 Å². The van der Waals surface area contributed by atoms with Crippen molar-refractivity contribution in [1.29, 1.82) is 0 Å². The standard InChI is InChI=1S/C54H50BNO2/c1-35-21-23-40(37-15-9-6-10-16-37)29-47(35)56(48-32-43(54(3,4)5)26-22-36(48)2)44-33-51-53-52(34-44)58-50-31-42(39-19-13-8-14-20-39)25-28-46(50)55(53)45-27-24-41(30-49(45)57-51)38-17-11-7-12-18-38/h7-8,11-14,17-34,37H,6,9-10,15-16H2,1-5H3. The second-order valence-corrected chi connectivity index (χ2v) is 17.7. The van der Waals surface area contributed by atoms with E-state index in [0.29, 0.717) is 5.92 Å². The van der Waals surface area contributed by atoms with Crippen molar-refractivity contribution in [3.63, 3.8) is 0 Å². The molecular formula is C54H50BNO2. The van der Waals surface area contributed by atoms with Gasteiger partial charge in [-0.3, -0.25) is 0 Å². The Hall–Kier alpha value is -6.00. The molecule has 286 valence electrons. The van der Waals surface area contributed by atoms with Crippen molar-refractivity contribution in [3.8, 4) is 45.3 Å². The maximum atomic E-state index is 7.11. The number of hydrogen-bond donors (Lipinski definition) is 0. The Balaban J connectivity index is 1.20. The Morgan fingerprint density at radius 2 is 1.05 bits per heavy atom. The van der Waals surface area contributed by atoms with Crippen LogP contribution < -0.4 is 30.8 Å². The van der Waals surface area contributed by atoms with Crippen molar-refractivity contribution in [1.82, 2.24) is 0 Å². The van der Waals surface area contributed by atoms with E-state index in [1.165, 1.54) is 76.9 Å². The first-order valence-electron chi connectivity index (χ1n) is 21.1. The quantitative estimate of drug-likeness (QED) is 0.158. The van der Waals surface area contributed by atoms with Crippen LogP contribution in [0.4, 0.5) is 17.1 Å². The highest BCUT2D eigenvalue weighted by Gasteiger charge is 2.41. The van der Waals surface area contributed by atoms with Crippen LogP contribution in [0.5, 0.6) is 23.0 Å². The lowest BCUT2D eigenvalue weighted by molar-refractivity contribution is 0.443. The first kappa shape index (κ1) is 36.4. The SMILES string of the molecule is Cc1ccc(C2CCCCC2)cc1N(c1cc2c3c(c1)Oc1cc(-c4ccccc4)ccc1B3c1ccc(-c3ccccc3)cc1O2)c1cc(C(C)(C)C)ccc1C. The predicted octanol–water partition coefficient (Wildman–Crippen LogP) is 13.2. The summed E-state index contributed by atoms with van der Waals surface area (Å²) in [6.45, 7) is 11.3. The minimum atomic E-state index is -0.0445. The number of nitrogens with zero attached hydrogens (tertiary/aromatic N) is 1. The normalized spacial score (nSPS) is 14.5. The number of anilines is 3. The molecule has 0 saturated heterocycles. The van der Waals surface area contributed by atoms with Crippen molar-refractivity contribution in [2.75, 3.05) is 4.90 Å². The van der Waals surface area contributed by atoms with Crippen LogP contribution in [0.25, 0.3) is 22.3 Å². The van der Waals surface area contributed by atoms with E-state index >= 15 is 0 Å². The Morgan fingerprint density at radius 1 is 0.517 bits per heavy atom. The van der Waals surface area contributed by atoms with Crippen molar-refractivity contribution >= 4 is 40.2 Å². The molecule has 0 spiro atoms. The maximum Gasteiger partial charge on any atom is 0.260 e. The minimum absolute atomic E-state index is 0.0191. The van der Waals surface area contributed by atoms with E-state index in [0.717, 1.165) is 56.2 Å². The third-order valence-electron chi connectivity index (χ3n) is 12.8. The first-order chi connectivity index (χ1) is 28.2. The van der Waals surface area contributed by atoms with Crippen LogP contribution in [0.2, 0.25) is 0 Å². The van der Waals surface area contributed by atoms with Gasteiger partial charge in [-0.25, -0.2) is 0 Å². The predicted molar refractivity (Wildman–Crippen MR) is 244 cm³/mol. The zero-order chi connectivity index (χ0) is 39.5. The molecule has 10 rings (SSSR count). The van der Waals surface area contributed by atoms with Crippen molar-refractivity contribution in [2.24, 2.45) is 0 Å². The summed E-state index contributed by atoms with van der Waals surface area (Å²) in [7, 11) is 0. The zero-order valence-corrected chi connectivity index (χ0v) is 34.3. The van der Waals surface area contributed by atoms with Crippen LogP contribution in [0.1, 0.15) is 81.0 Å². The van der Waals surface area contributed by atoms with E-state index in [4.69, 9.17) is 9.47 Å². The topological polar surface area (TPSA) is 21.7 Å². The highest BCUT2D eigenvalue weighted by atomic mass is 16.5. The fraction of sp³-hybridized carbons (Fsp3) is 0.222. The van der Waals surface area contributed by atoms with Gasteiger partial charge in [0.1, 0.15) is 23.0 Å². The van der Waals surface area contributed by atoms with E-state index in [1.807, 2.05) is 0 Å². The summed E-state index contributed by atoms with van der Waals surface area (Å²) in [5.74, 6) is 4.02. The van der Waals surface area contributed by atoms with E-state index in [-0.39, 0.29) is 12.1 Å². The molecular weight excluding hydrogens is 705 g/mol. The largest absolute Gasteiger partial charge is 0.458 e. The molecule has 0 bridgehead atoms. The number of fused-ring (bicyclic) bond motifs is 4. The molecule has 1 aliphatic carbocycles. The molecule has 0 amide bonds. The molecule has 58 heavy (non-hydrogen) atoms. The van der Waals surface area contributed by atoms with Crippen molar-refractivity contribution in [3.05, 3.63) is 168 Å². The second-order valence-electron chi connectivity index (χ2n) is 17.7. The molecule has 0 atom stereocenters. The summed E-state index contributed by atoms with van der Waals surface area (Å²) in [6.07, 6.45) is 6.44. The summed E-state index contributed by atoms with van der Waals surface area (Å²) in [6, 6.07) is 53.3. The molecule has 0 aromatic heterocycles. The van der Waals surface area contributed by atoms with E-state index < -0.39 is 0 Å². The van der Waals surface area contributed by atoms with Gasteiger partial charge in [-0.15, -0.1) is 0 Å². The number of rotatable bonds is 6. The highest BCUT2D eigenvalue weighted by Crippen LogP contribution is 2.47. The second kappa shape index (κ2) is 14.4. The zero-order valence-electron chi connectivity index (χ0n) is 34.3. The minimum Gasteiger partial charge on any atom is -0.458 e. The smallest absolute Gasteiger partial charge is 0.260 e. The molecule has 2 heterocycles. The molecule has 0 N–H and O–H groups in total. The molecule has 3 nitrogen and oxygen atoms in total. The average molecular weight is 756 g/mol. The molecule has 7 aromatic carbocycles. The van der Waals surface area contributed by atoms with Gasteiger partial charge in [0.25, 0.3) is 6.71 Å². The van der Waals surface area contributed by atoms with Gasteiger partial charge >= 0.3 is 0 Å². The highest BCUT2D eigenvalue weighted by molar-refractivity contribution is 6.98. The van der Waals surface area contributed by atoms with Crippen LogP contribution in [-0.4, -0.2) is 6.71 Å². The lowest BCUT2D eigenvalue weighted by Gasteiger charge is -2.36. The van der Waals surface area contributed by atoms with Gasteiger partial charge in [0, 0.05) is 29.0 Å². The monoisotopic (exact) mass is 755 g/mol. The number of benzene rings is 7. The number of hydrogen-bond acceptors (Lipinski definition) is 3.